The molecule has 0 aromatic heterocycles. The Morgan fingerprint density at radius 1 is 0.880 bits per heavy atom. The highest BCUT2D eigenvalue weighted by atomic mass is 16.2. The lowest BCUT2D eigenvalue weighted by Crippen LogP contribution is -2.47. The quantitative estimate of drug-likeness (QED) is 0.881. The van der Waals surface area contributed by atoms with Gasteiger partial charge in [-0.1, -0.05) is 19.3 Å². The molecule has 2 N–H and O–H groups in total. The minimum atomic E-state index is -0.0716. The molecular weight excluding hydrogens is 312 g/mol. The van der Waals surface area contributed by atoms with Crippen molar-refractivity contribution in [3.63, 3.8) is 0 Å². The molecule has 1 aromatic carbocycles. The van der Waals surface area contributed by atoms with E-state index in [4.69, 9.17) is 0 Å². The maximum Gasteiger partial charge on any atom is 0.319 e. The van der Waals surface area contributed by atoms with Gasteiger partial charge < -0.3 is 15.5 Å². The van der Waals surface area contributed by atoms with Crippen molar-refractivity contribution in [2.75, 3.05) is 36.4 Å². The largest absolute Gasteiger partial charge is 0.369 e. The van der Waals surface area contributed by atoms with Gasteiger partial charge in [0.2, 0.25) is 0 Å². The molecule has 136 valence electrons. The van der Waals surface area contributed by atoms with Gasteiger partial charge in [0.15, 0.2) is 0 Å². The molecule has 1 aliphatic heterocycles. The molecule has 4 rings (SSSR count). The fourth-order valence-corrected chi connectivity index (χ4v) is 4.14. The fraction of sp³-hybridized carbons (Fsp3) is 0.650. The van der Waals surface area contributed by atoms with E-state index < -0.39 is 0 Å². The number of carbonyl (C=O) groups is 1. The summed E-state index contributed by atoms with van der Waals surface area (Å²) in [6.07, 6.45) is 8.77. The van der Waals surface area contributed by atoms with Gasteiger partial charge >= 0.3 is 6.03 Å². The molecule has 1 heterocycles. The SMILES string of the molecule is O=C(Nc1ccc(N2CCN(C3CC3)CC2)cc1)NC1CCCCC1. The maximum atomic E-state index is 12.1. The molecule has 1 aromatic rings. The summed E-state index contributed by atoms with van der Waals surface area (Å²) >= 11 is 0. The van der Waals surface area contributed by atoms with Gasteiger partial charge in [0.05, 0.1) is 0 Å². The third kappa shape index (κ3) is 4.46. The summed E-state index contributed by atoms with van der Waals surface area (Å²) in [5.74, 6) is 0. The maximum absolute atomic E-state index is 12.1. The molecule has 3 aliphatic rings. The molecule has 1 saturated heterocycles. The van der Waals surface area contributed by atoms with E-state index in [2.05, 4.69) is 32.6 Å². The van der Waals surface area contributed by atoms with E-state index in [0.29, 0.717) is 6.04 Å². The summed E-state index contributed by atoms with van der Waals surface area (Å²) in [7, 11) is 0. The van der Waals surface area contributed by atoms with Crippen LogP contribution in [0.1, 0.15) is 44.9 Å². The Morgan fingerprint density at radius 2 is 1.56 bits per heavy atom. The number of carbonyl (C=O) groups excluding carboxylic acids is 1. The monoisotopic (exact) mass is 342 g/mol. The van der Waals surface area contributed by atoms with Crippen LogP contribution in [0.5, 0.6) is 0 Å². The third-order valence-electron chi connectivity index (χ3n) is 5.81. The van der Waals surface area contributed by atoms with Crippen molar-refractivity contribution in [2.45, 2.75) is 57.0 Å². The first-order valence-electron chi connectivity index (χ1n) is 9.94. The highest BCUT2D eigenvalue weighted by molar-refractivity contribution is 5.89. The molecule has 2 amide bonds. The number of urea groups is 1. The zero-order chi connectivity index (χ0) is 17.1. The standard InChI is InChI=1S/C20H30N4O/c25-20(21-16-4-2-1-3-5-16)22-17-6-8-18(9-7-17)23-12-14-24(15-13-23)19-10-11-19/h6-9,16,19H,1-5,10-15H2,(H2,21,22,25). The van der Waals surface area contributed by atoms with Crippen LogP contribution < -0.4 is 15.5 Å². The summed E-state index contributed by atoms with van der Waals surface area (Å²) in [6.45, 7) is 4.56. The number of hydrogen-bond donors (Lipinski definition) is 2. The predicted octanol–water partition coefficient (Wildman–Crippen LogP) is 3.43. The minimum absolute atomic E-state index is 0.0716. The Labute approximate surface area is 150 Å². The Bertz CT molecular complexity index is 570. The number of rotatable bonds is 4. The average molecular weight is 342 g/mol. The number of hydrogen-bond acceptors (Lipinski definition) is 3. The summed E-state index contributed by atoms with van der Waals surface area (Å²) in [5.41, 5.74) is 2.13. The Hall–Kier alpha value is -1.75. The van der Waals surface area contributed by atoms with Crippen LogP contribution in [0, 0.1) is 0 Å². The van der Waals surface area contributed by atoms with Crippen LogP contribution in [-0.4, -0.2) is 49.2 Å². The van der Waals surface area contributed by atoms with Crippen molar-refractivity contribution in [1.29, 1.82) is 0 Å². The molecule has 2 aliphatic carbocycles. The number of piperazine rings is 1. The lowest BCUT2D eigenvalue weighted by Gasteiger charge is -2.36. The number of amides is 2. The average Bonchev–Trinajstić information content (AvgIpc) is 3.48. The highest BCUT2D eigenvalue weighted by Crippen LogP contribution is 2.28. The molecular formula is C20H30N4O. The molecule has 0 spiro atoms. The van der Waals surface area contributed by atoms with Crippen molar-refractivity contribution < 1.29 is 4.79 Å². The number of anilines is 2. The van der Waals surface area contributed by atoms with Gasteiger partial charge in [0.1, 0.15) is 0 Å². The van der Waals surface area contributed by atoms with Gasteiger partial charge in [-0.25, -0.2) is 4.79 Å². The third-order valence-corrected chi connectivity index (χ3v) is 5.81. The minimum Gasteiger partial charge on any atom is -0.369 e. The van der Waals surface area contributed by atoms with Gasteiger partial charge in [-0.15, -0.1) is 0 Å². The predicted molar refractivity (Wildman–Crippen MR) is 102 cm³/mol. The fourth-order valence-electron chi connectivity index (χ4n) is 4.14. The van der Waals surface area contributed by atoms with Crippen LogP contribution in [0.25, 0.3) is 0 Å². The second kappa shape index (κ2) is 7.65. The molecule has 5 heteroatoms. The summed E-state index contributed by atoms with van der Waals surface area (Å²) in [5, 5.41) is 6.07. The first-order valence-corrected chi connectivity index (χ1v) is 9.94. The van der Waals surface area contributed by atoms with Crippen LogP contribution in [0.4, 0.5) is 16.2 Å². The van der Waals surface area contributed by atoms with Crippen LogP contribution in [-0.2, 0) is 0 Å². The Morgan fingerprint density at radius 3 is 2.20 bits per heavy atom. The lowest BCUT2D eigenvalue weighted by molar-refractivity contribution is 0.244. The Balaban J connectivity index is 1.25. The number of nitrogens with zero attached hydrogens (tertiary/aromatic N) is 2. The van der Waals surface area contributed by atoms with Gasteiger partial charge in [0, 0.05) is 49.6 Å². The summed E-state index contributed by atoms with van der Waals surface area (Å²) < 4.78 is 0. The van der Waals surface area contributed by atoms with E-state index >= 15 is 0 Å². The summed E-state index contributed by atoms with van der Waals surface area (Å²) in [4.78, 5) is 17.2. The molecule has 2 saturated carbocycles. The van der Waals surface area contributed by atoms with E-state index in [1.165, 1.54) is 50.9 Å². The van der Waals surface area contributed by atoms with Crippen molar-refractivity contribution in [3.05, 3.63) is 24.3 Å². The highest BCUT2D eigenvalue weighted by Gasteiger charge is 2.31. The summed E-state index contributed by atoms with van der Waals surface area (Å²) in [6, 6.07) is 9.43. The second-order valence-electron chi connectivity index (χ2n) is 7.73. The zero-order valence-electron chi connectivity index (χ0n) is 15.0. The van der Waals surface area contributed by atoms with Gasteiger partial charge in [-0.3, -0.25) is 4.90 Å². The van der Waals surface area contributed by atoms with Crippen LogP contribution >= 0.6 is 0 Å². The van der Waals surface area contributed by atoms with Gasteiger partial charge in [-0.2, -0.15) is 0 Å². The van der Waals surface area contributed by atoms with E-state index in [1.807, 2.05) is 12.1 Å². The number of nitrogens with one attached hydrogen (secondary N) is 2. The second-order valence-corrected chi connectivity index (χ2v) is 7.73. The van der Waals surface area contributed by atoms with Crippen molar-refractivity contribution in [3.8, 4) is 0 Å². The smallest absolute Gasteiger partial charge is 0.319 e. The molecule has 0 radical (unpaired) electrons. The normalized spacial score (nSPS) is 22.6. The van der Waals surface area contributed by atoms with E-state index in [0.717, 1.165) is 37.7 Å². The van der Waals surface area contributed by atoms with E-state index in [1.54, 1.807) is 0 Å². The van der Waals surface area contributed by atoms with Crippen LogP contribution in [0.15, 0.2) is 24.3 Å². The van der Waals surface area contributed by atoms with E-state index in [9.17, 15) is 4.79 Å². The topological polar surface area (TPSA) is 47.6 Å². The molecule has 25 heavy (non-hydrogen) atoms. The van der Waals surface area contributed by atoms with Crippen molar-refractivity contribution in [2.24, 2.45) is 0 Å². The molecule has 5 nitrogen and oxygen atoms in total. The first-order chi connectivity index (χ1) is 12.3. The van der Waals surface area contributed by atoms with Crippen LogP contribution in [0.3, 0.4) is 0 Å². The van der Waals surface area contributed by atoms with Crippen molar-refractivity contribution in [1.82, 2.24) is 10.2 Å². The van der Waals surface area contributed by atoms with Crippen LogP contribution in [0.2, 0.25) is 0 Å². The molecule has 0 bridgehead atoms. The number of benzene rings is 1. The van der Waals surface area contributed by atoms with Crippen molar-refractivity contribution >= 4 is 17.4 Å². The molecule has 0 atom stereocenters. The molecule has 3 fully saturated rings. The lowest BCUT2D eigenvalue weighted by atomic mass is 9.96. The zero-order valence-corrected chi connectivity index (χ0v) is 15.0. The van der Waals surface area contributed by atoms with Gasteiger partial charge in [-0.05, 0) is 49.9 Å². The van der Waals surface area contributed by atoms with E-state index in [-0.39, 0.29) is 6.03 Å². The Kier molecular flexibility index (Phi) is 5.11. The van der Waals surface area contributed by atoms with Gasteiger partial charge in [0.25, 0.3) is 0 Å². The first kappa shape index (κ1) is 16.7. The molecule has 0 unspecified atom stereocenters.